The molecule has 1 saturated heterocycles. The summed E-state index contributed by atoms with van der Waals surface area (Å²) in [6.07, 6.45) is -2.13. The van der Waals surface area contributed by atoms with E-state index in [1.54, 1.807) is 24.3 Å². The van der Waals surface area contributed by atoms with Gasteiger partial charge in [0.25, 0.3) is 11.8 Å². The van der Waals surface area contributed by atoms with E-state index in [2.05, 4.69) is 20.8 Å². The first-order valence-electron chi connectivity index (χ1n) is 6.38. The number of benzene rings is 1. The summed E-state index contributed by atoms with van der Waals surface area (Å²) in [6, 6.07) is 8.75. The van der Waals surface area contributed by atoms with Gasteiger partial charge < -0.3 is 4.74 Å². The molecule has 2 amide bonds. The molecular formula is C14H11BrN2O5. The molecule has 0 aromatic heterocycles. The van der Waals surface area contributed by atoms with Gasteiger partial charge in [0.2, 0.25) is 0 Å². The van der Waals surface area contributed by atoms with Crippen molar-refractivity contribution in [2.24, 2.45) is 0 Å². The van der Waals surface area contributed by atoms with E-state index in [0.29, 0.717) is 10.6 Å². The number of hydrogen-bond acceptors (Lipinski definition) is 6. The van der Waals surface area contributed by atoms with E-state index >= 15 is 0 Å². The zero-order valence-electron chi connectivity index (χ0n) is 11.3. The largest absolute Gasteiger partial charge is 0.534 e. The molecule has 1 unspecified atom stereocenters. The van der Waals surface area contributed by atoms with Gasteiger partial charge in [-0.25, -0.2) is 4.79 Å². The van der Waals surface area contributed by atoms with Gasteiger partial charge in [0, 0.05) is 17.3 Å². The Morgan fingerprint density at radius 2 is 1.86 bits per heavy atom. The van der Waals surface area contributed by atoms with Crippen LogP contribution in [0.4, 0.5) is 4.79 Å². The molecule has 2 rings (SSSR count). The standard InChI is InChI=1S/C14H11BrN2O5/c15-10-3-1-9(2-4-10)11(7-8-16)21-14(20)22-17-12(18)5-6-13(17)19/h1-4,11H,5-7H2. The molecule has 7 nitrogen and oxygen atoms in total. The number of hydroxylamine groups is 2. The first-order chi connectivity index (χ1) is 10.5. The van der Waals surface area contributed by atoms with Crippen LogP contribution in [0.25, 0.3) is 0 Å². The fourth-order valence-corrected chi connectivity index (χ4v) is 2.12. The van der Waals surface area contributed by atoms with Crippen molar-refractivity contribution in [1.29, 1.82) is 5.26 Å². The van der Waals surface area contributed by atoms with Crippen LogP contribution in [0, 0.1) is 11.3 Å². The Morgan fingerprint density at radius 1 is 1.27 bits per heavy atom. The van der Waals surface area contributed by atoms with Crippen molar-refractivity contribution in [2.45, 2.75) is 25.4 Å². The van der Waals surface area contributed by atoms with E-state index in [1.165, 1.54) is 0 Å². The van der Waals surface area contributed by atoms with Crippen molar-refractivity contribution in [3.8, 4) is 6.07 Å². The number of hydrogen-bond donors (Lipinski definition) is 0. The average Bonchev–Trinajstić information content (AvgIpc) is 2.79. The number of halogens is 1. The lowest BCUT2D eigenvalue weighted by Gasteiger charge is -2.17. The van der Waals surface area contributed by atoms with E-state index in [9.17, 15) is 14.4 Å². The molecule has 22 heavy (non-hydrogen) atoms. The smallest absolute Gasteiger partial charge is 0.423 e. The van der Waals surface area contributed by atoms with E-state index < -0.39 is 24.1 Å². The third-order valence-corrected chi connectivity index (χ3v) is 3.46. The van der Waals surface area contributed by atoms with E-state index in [1.807, 2.05) is 6.07 Å². The van der Waals surface area contributed by atoms with Crippen molar-refractivity contribution < 1.29 is 24.0 Å². The molecule has 1 aliphatic rings. The maximum atomic E-state index is 11.7. The van der Waals surface area contributed by atoms with E-state index in [-0.39, 0.29) is 19.3 Å². The van der Waals surface area contributed by atoms with Gasteiger partial charge >= 0.3 is 6.16 Å². The molecule has 1 fully saturated rings. The molecule has 0 saturated carbocycles. The quantitative estimate of drug-likeness (QED) is 0.600. The zero-order chi connectivity index (χ0) is 16.1. The van der Waals surface area contributed by atoms with Crippen LogP contribution in [0.5, 0.6) is 0 Å². The predicted octanol–water partition coefficient (Wildman–Crippen LogP) is 2.62. The number of carbonyl (C=O) groups is 3. The van der Waals surface area contributed by atoms with Crippen LogP contribution in [0.2, 0.25) is 0 Å². The maximum absolute atomic E-state index is 11.7. The number of nitrogens with zero attached hydrogens (tertiary/aromatic N) is 2. The molecule has 114 valence electrons. The number of carbonyl (C=O) groups excluding carboxylic acids is 3. The van der Waals surface area contributed by atoms with Crippen molar-refractivity contribution >= 4 is 33.9 Å². The molecule has 1 aromatic rings. The lowest BCUT2D eigenvalue weighted by atomic mass is 10.1. The first-order valence-corrected chi connectivity index (χ1v) is 7.17. The summed E-state index contributed by atoms with van der Waals surface area (Å²) in [5.74, 6) is -1.19. The summed E-state index contributed by atoms with van der Waals surface area (Å²) >= 11 is 3.28. The lowest BCUT2D eigenvalue weighted by molar-refractivity contribution is -0.178. The Kier molecular flexibility index (Phi) is 5.12. The van der Waals surface area contributed by atoms with Crippen molar-refractivity contribution in [3.05, 3.63) is 34.3 Å². The van der Waals surface area contributed by atoms with Gasteiger partial charge in [0.05, 0.1) is 12.5 Å². The van der Waals surface area contributed by atoms with Gasteiger partial charge in [-0.1, -0.05) is 33.1 Å². The topological polar surface area (TPSA) is 96.7 Å². The van der Waals surface area contributed by atoms with Gasteiger partial charge in [-0.05, 0) is 17.7 Å². The molecule has 0 radical (unpaired) electrons. The second kappa shape index (κ2) is 7.04. The highest BCUT2D eigenvalue weighted by molar-refractivity contribution is 9.10. The van der Waals surface area contributed by atoms with Crippen LogP contribution < -0.4 is 0 Å². The highest BCUT2D eigenvalue weighted by atomic mass is 79.9. The molecule has 8 heteroatoms. The van der Waals surface area contributed by atoms with Gasteiger partial charge in [0.1, 0.15) is 6.10 Å². The third-order valence-electron chi connectivity index (χ3n) is 2.93. The molecule has 1 aromatic carbocycles. The van der Waals surface area contributed by atoms with Crippen molar-refractivity contribution in [1.82, 2.24) is 5.06 Å². The Labute approximate surface area is 134 Å². The Bertz CT molecular complexity index is 622. The summed E-state index contributed by atoms with van der Waals surface area (Å²) in [5, 5.41) is 9.22. The summed E-state index contributed by atoms with van der Waals surface area (Å²) in [4.78, 5) is 39.0. The van der Waals surface area contributed by atoms with Gasteiger partial charge in [-0.2, -0.15) is 5.26 Å². The summed E-state index contributed by atoms with van der Waals surface area (Å²) in [5.41, 5.74) is 0.598. The second-order valence-electron chi connectivity index (χ2n) is 4.44. The minimum absolute atomic E-state index is 0.000446. The van der Waals surface area contributed by atoms with Crippen LogP contribution >= 0.6 is 15.9 Å². The zero-order valence-corrected chi connectivity index (χ0v) is 12.9. The number of rotatable bonds is 4. The number of ether oxygens (including phenoxy) is 1. The lowest BCUT2D eigenvalue weighted by Crippen LogP contribution is -2.32. The van der Waals surface area contributed by atoms with Crippen LogP contribution in [0.1, 0.15) is 30.9 Å². The Balaban J connectivity index is 2.03. The number of imide groups is 1. The first kappa shape index (κ1) is 16.0. The van der Waals surface area contributed by atoms with Crippen molar-refractivity contribution in [3.63, 3.8) is 0 Å². The number of amides is 2. The Hall–Kier alpha value is -2.40. The molecule has 0 bridgehead atoms. The minimum atomic E-state index is -1.20. The molecule has 0 N–H and O–H groups in total. The van der Waals surface area contributed by atoms with Crippen LogP contribution in [-0.2, 0) is 19.2 Å². The average molecular weight is 367 g/mol. The third kappa shape index (κ3) is 3.83. The number of nitriles is 1. The van der Waals surface area contributed by atoms with Gasteiger partial charge in [-0.15, -0.1) is 0 Å². The highest BCUT2D eigenvalue weighted by Gasteiger charge is 2.34. The summed E-state index contributed by atoms with van der Waals surface area (Å²) < 4.78 is 5.87. The van der Waals surface area contributed by atoms with E-state index in [4.69, 9.17) is 10.00 Å². The normalized spacial score (nSPS) is 15.4. The monoisotopic (exact) mass is 366 g/mol. The minimum Gasteiger partial charge on any atom is -0.423 e. The van der Waals surface area contributed by atoms with Gasteiger partial charge in [-0.3, -0.25) is 14.4 Å². The molecule has 0 aliphatic carbocycles. The fourth-order valence-electron chi connectivity index (χ4n) is 1.86. The summed E-state index contributed by atoms with van der Waals surface area (Å²) in [7, 11) is 0. The molecular weight excluding hydrogens is 356 g/mol. The predicted molar refractivity (Wildman–Crippen MR) is 75.8 cm³/mol. The molecule has 0 spiro atoms. The second-order valence-corrected chi connectivity index (χ2v) is 5.36. The Morgan fingerprint density at radius 3 is 2.41 bits per heavy atom. The van der Waals surface area contributed by atoms with Gasteiger partial charge in [0.15, 0.2) is 0 Å². The molecule has 1 atom stereocenters. The highest BCUT2D eigenvalue weighted by Crippen LogP contribution is 2.24. The maximum Gasteiger partial charge on any atom is 0.534 e. The fraction of sp³-hybridized carbons (Fsp3) is 0.286. The molecule has 1 aliphatic heterocycles. The summed E-state index contributed by atoms with van der Waals surface area (Å²) in [6.45, 7) is 0. The van der Waals surface area contributed by atoms with Crippen molar-refractivity contribution in [2.75, 3.05) is 0 Å². The van der Waals surface area contributed by atoms with Crippen LogP contribution in [0.15, 0.2) is 28.7 Å². The molecule has 1 heterocycles. The SMILES string of the molecule is N#CCC(OC(=O)ON1C(=O)CCC1=O)c1ccc(Br)cc1. The van der Waals surface area contributed by atoms with Crippen LogP contribution in [-0.4, -0.2) is 23.0 Å². The van der Waals surface area contributed by atoms with Crippen LogP contribution in [0.3, 0.4) is 0 Å². The van der Waals surface area contributed by atoms with E-state index in [0.717, 1.165) is 4.47 Å².